The van der Waals surface area contributed by atoms with Gasteiger partial charge in [0.1, 0.15) is 5.25 Å². The van der Waals surface area contributed by atoms with Crippen LogP contribution in [-0.4, -0.2) is 46.3 Å². The molecule has 0 aromatic heterocycles. The fraction of sp³-hybridized carbons (Fsp3) is 0.273. The number of amides is 2. The second kappa shape index (κ2) is 10.6. The third kappa shape index (κ3) is 5.74. The molecule has 0 radical (unpaired) electrons. The third-order valence-corrected chi connectivity index (χ3v) is 6.32. The highest BCUT2D eigenvalue weighted by molar-refractivity contribution is 9.10. The van der Waals surface area contributed by atoms with E-state index in [-0.39, 0.29) is 18.2 Å². The maximum absolute atomic E-state index is 12.8. The molecular weight excluding hydrogens is 482 g/mol. The maximum Gasteiger partial charge on any atom is 0.338 e. The van der Waals surface area contributed by atoms with E-state index in [2.05, 4.69) is 26.2 Å². The van der Waals surface area contributed by atoms with Gasteiger partial charge in [0.25, 0.3) is 0 Å². The molecule has 0 bridgehead atoms. The second-order valence-electron chi connectivity index (χ2n) is 6.58. The molecule has 9 heteroatoms. The number of benzene rings is 2. The summed E-state index contributed by atoms with van der Waals surface area (Å²) in [6.07, 6.45) is 0.0438. The fourth-order valence-corrected chi connectivity index (χ4v) is 4.55. The van der Waals surface area contributed by atoms with Crippen LogP contribution in [0.15, 0.2) is 58.0 Å². The maximum atomic E-state index is 12.8. The van der Waals surface area contributed by atoms with Crippen LogP contribution in [0.1, 0.15) is 30.6 Å². The lowest BCUT2D eigenvalue weighted by molar-refractivity contribution is -0.128. The first-order chi connectivity index (χ1) is 14.9. The zero-order valence-electron chi connectivity index (χ0n) is 17.1. The molecule has 1 unspecified atom stereocenters. The van der Waals surface area contributed by atoms with Crippen molar-refractivity contribution in [3.63, 3.8) is 0 Å². The lowest BCUT2D eigenvalue weighted by atomic mass is 10.2. The molecule has 1 saturated heterocycles. The lowest BCUT2D eigenvalue weighted by Crippen LogP contribution is -2.33. The van der Waals surface area contributed by atoms with E-state index in [1.165, 1.54) is 11.8 Å². The van der Waals surface area contributed by atoms with E-state index < -0.39 is 11.2 Å². The molecule has 7 nitrogen and oxygen atoms in total. The standard InChI is InChI=1S/C22H22BrN3O4S/c1-3-26-20(28)18(13-19(27)25-17-8-6-5-7-16(17)23)31-22(26)24-15-11-9-14(10-12-15)21(29)30-4-2/h5-12,18H,3-4,13H2,1-2H3,(H,25,27). The van der Waals surface area contributed by atoms with Crippen molar-refractivity contribution in [1.82, 2.24) is 4.90 Å². The minimum atomic E-state index is -0.542. The number of amidine groups is 1. The van der Waals surface area contributed by atoms with E-state index >= 15 is 0 Å². The fourth-order valence-electron chi connectivity index (χ4n) is 2.95. The van der Waals surface area contributed by atoms with Crippen molar-refractivity contribution in [3.05, 3.63) is 58.6 Å². The highest BCUT2D eigenvalue weighted by Gasteiger charge is 2.38. The van der Waals surface area contributed by atoms with Crippen molar-refractivity contribution in [3.8, 4) is 0 Å². The highest BCUT2D eigenvalue weighted by Crippen LogP contribution is 2.32. The average molecular weight is 504 g/mol. The van der Waals surface area contributed by atoms with Crippen LogP contribution < -0.4 is 5.32 Å². The number of ether oxygens (including phenoxy) is 1. The molecule has 3 rings (SSSR count). The van der Waals surface area contributed by atoms with E-state index in [0.29, 0.717) is 35.3 Å². The Kier molecular flexibility index (Phi) is 7.86. The Hall–Kier alpha value is -2.65. The van der Waals surface area contributed by atoms with Gasteiger partial charge >= 0.3 is 5.97 Å². The Morgan fingerprint density at radius 1 is 1.16 bits per heavy atom. The third-order valence-electron chi connectivity index (χ3n) is 4.46. The number of nitrogens with zero attached hydrogens (tertiary/aromatic N) is 2. The number of nitrogens with one attached hydrogen (secondary N) is 1. The SMILES string of the molecule is CCOC(=O)c1ccc(N=C2SC(CC(=O)Nc3ccccc3Br)C(=O)N2CC)cc1. The smallest absolute Gasteiger partial charge is 0.338 e. The van der Waals surface area contributed by atoms with Gasteiger partial charge in [0.2, 0.25) is 11.8 Å². The summed E-state index contributed by atoms with van der Waals surface area (Å²) in [6.45, 7) is 4.37. The van der Waals surface area contributed by atoms with Crippen LogP contribution in [0.2, 0.25) is 0 Å². The molecule has 1 heterocycles. The molecule has 0 spiro atoms. The Bertz CT molecular complexity index is 1010. The molecule has 1 N–H and O–H groups in total. The number of aliphatic imine (C=N–C) groups is 1. The van der Waals surface area contributed by atoms with Gasteiger partial charge in [-0.25, -0.2) is 9.79 Å². The van der Waals surface area contributed by atoms with Crippen molar-refractivity contribution in [2.75, 3.05) is 18.5 Å². The summed E-state index contributed by atoms with van der Waals surface area (Å²) in [5.74, 6) is -0.774. The predicted molar refractivity (Wildman–Crippen MR) is 126 cm³/mol. The number of esters is 1. The Morgan fingerprint density at radius 3 is 2.52 bits per heavy atom. The second-order valence-corrected chi connectivity index (χ2v) is 8.61. The number of anilines is 1. The van der Waals surface area contributed by atoms with E-state index in [1.54, 1.807) is 42.2 Å². The van der Waals surface area contributed by atoms with Crippen LogP contribution in [-0.2, 0) is 14.3 Å². The lowest BCUT2D eigenvalue weighted by Gasteiger charge is -2.13. The summed E-state index contributed by atoms with van der Waals surface area (Å²) in [4.78, 5) is 43.2. The zero-order chi connectivity index (χ0) is 22.4. The first-order valence-corrected chi connectivity index (χ1v) is 11.5. The topological polar surface area (TPSA) is 88.1 Å². The monoisotopic (exact) mass is 503 g/mol. The van der Waals surface area contributed by atoms with Crippen LogP contribution in [0.5, 0.6) is 0 Å². The van der Waals surface area contributed by atoms with Gasteiger partial charge in [-0.2, -0.15) is 0 Å². The molecule has 0 aliphatic carbocycles. The van der Waals surface area contributed by atoms with E-state index in [1.807, 2.05) is 25.1 Å². The van der Waals surface area contributed by atoms with Crippen LogP contribution in [0.4, 0.5) is 11.4 Å². The summed E-state index contributed by atoms with van der Waals surface area (Å²) < 4.78 is 5.75. The van der Waals surface area contributed by atoms with Crippen molar-refractivity contribution in [2.45, 2.75) is 25.5 Å². The highest BCUT2D eigenvalue weighted by atomic mass is 79.9. The average Bonchev–Trinajstić information content (AvgIpc) is 3.04. The van der Waals surface area contributed by atoms with Gasteiger partial charge < -0.3 is 10.1 Å². The molecule has 1 aliphatic rings. The molecule has 2 aromatic rings. The van der Waals surface area contributed by atoms with Gasteiger partial charge in [-0.15, -0.1) is 0 Å². The normalized spacial score (nSPS) is 17.1. The summed E-state index contributed by atoms with van der Waals surface area (Å²) in [7, 11) is 0. The minimum Gasteiger partial charge on any atom is -0.462 e. The van der Waals surface area contributed by atoms with E-state index in [0.717, 1.165) is 4.47 Å². The minimum absolute atomic E-state index is 0.0438. The molecular formula is C22H22BrN3O4S. The molecule has 1 fully saturated rings. The molecule has 2 amide bonds. The molecule has 162 valence electrons. The molecule has 0 saturated carbocycles. The van der Waals surface area contributed by atoms with Gasteiger partial charge in [0, 0.05) is 17.4 Å². The van der Waals surface area contributed by atoms with Crippen LogP contribution in [0.3, 0.4) is 0 Å². The summed E-state index contributed by atoms with van der Waals surface area (Å²) in [5, 5.41) is 2.82. The molecule has 2 aromatic carbocycles. The molecule has 1 aliphatic heterocycles. The number of halogens is 1. The van der Waals surface area contributed by atoms with Crippen LogP contribution >= 0.6 is 27.7 Å². The number of thioether (sulfide) groups is 1. The Balaban J connectivity index is 1.70. The Labute approximate surface area is 193 Å². The summed E-state index contributed by atoms with van der Waals surface area (Å²) >= 11 is 4.67. The first kappa shape index (κ1) is 23.0. The van der Waals surface area contributed by atoms with Gasteiger partial charge in [-0.3, -0.25) is 14.5 Å². The van der Waals surface area contributed by atoms with E-state index in [4.69, 9.17) is 4.74 Å². The van der Waals surface area contributed by atoms with Gasteiger partial charge in [-0.05, 0) is 66.2 Å². The number of hydrogen-bond donors (Lipinski definition) is 1. The Morgan fingerprint density at radius 2 is 1.87 bits per heavy atom. The quantitative estimate of drug-likeness (QED) is 0.557. The van der Waals surface area contributed by atoms with Gasteiger partial charge in [-0.1, -0.05) is 23.9 Å². The van der Waals surface area contributed by atoms with Crippen molar-refractivity contribution >= 4 is 62.0 Å². The predicted octanol–water partition coefficient (Wildman–Crippen LogP) is 4.61. The number of rotatable bonds is 7. The number of carbonyl (C=O) groups is 3. The first-order valence-electron chi connectivity index (χ1n) is 9.81. The van der Waals surface area contributed by atoms with E-state index in [9.17, 15) is 14.4 Å². The van der Waals surface area contributed by atoms with Crippen molar-refractivity contribution < 1.29 is 19.1 Å². The van der Waals surface area contributed by atoms with Gasteiger partial charge in [0.05, 0.1) is 23.5 Å². The summed E-state index contributed by atoms with van der Waals surface area (Å²) in [6, 6.07) is 14.0. The number of para-hydroxylation sites is 1. The zero-order valence-corrected chi connectivity index (χ0v) is 19.5. The molecule has 31 heavy (non-hydrogen) atoms. The molecule has 1 atom stereocenters. The van der Waals surface area contributed by atoms with Crippen LogP contribution in [0, 0.1) is 0 Å². The van der Waals surface area contributed by atoms with Crippen LogP contribution in [0.25, 0.3) is 0 Å². The number of carbonyl (C=O) groups excluding carboxylic acids is 3. The largest absolute Gasteiger partial charge is 0.462 e. The van der Waals surface area contributed by atoms with Crippen molar-refractivity contribution in [2.24, 2.45) is 4.99 Å². The van der Waals surface area contributed by atoms with Gasteiger partial charge in [0.15, 0.2) is 5.17 Å². The summed E-state index contributed by atoms with van der Waals surface area (Å²) in [5.41, 5.74) is 1.71. The van der Waals surface area contributed by atoms with Crippen molar-refractivity contribution in [1.29, 1.82) is 0 Å². The number of hydrogen-bond acceptors (Lipinski definition) is 6.